The van der Waals surface area contributed by atoms with Crippen LogP contribution in [0.25, 0.3) is 0 Å². The summed E-state index contributed by atoms with van der Waals surface area (Å²) in [7, 11) is 1.48. The summed E-state index contributed by atoms with van der Waals surface area (Å²) in [5.74, 6) is -3.39. The lowest BCUT2D eigenvalue weighted by Crippen LogP contribution is -2.59. The summed E-state index contributed by atoms with van der Waals surface area (Å²) in [6.07, 6.45) is 4.64. The molecule has 11 heteroatoms. The van der Waals surface area contributed by atoms with E-state index in [0.717, 1.165) is 43.2 Å². The number of benzene rings is 2. The third kappa shape index (κ3) is 9.14. The van der Waals surface area contributed by atoms with Crippen LogP contribution in [0.1, 0.15) is 89.7 Å². The number of nitrogens with zero attached hydrogens (tertiary/aromatic N) is 2. The molecule has 2 aromatic rings. The molecule has 0 radical (unpaired) electrons. The fourth-order valence-electron chi connectivity index (χ4n) is 6.71. The molecule has 2 aliphatic rings. The molecule has 1 aliphatic carbocycles. The summed E-state index contributed by atoms with van der Waals surface area (Å²) in [6, 6.07) is 14.4. The molecule has 1 heterocycles. The zero-order chi connectivity index (χ0) is 35.0. The summed E-state index contributed by atoms with van der Waals surface area (Å²) in [5, 5.41) is 16.1. The van der Waals surface area contributed by atoms with Crippen molar-refractivity contribution in [2.75, 3.05) is 13.6 Å². The molecular weight excluding hydrogens is 612 g/mol. The number of carbonyl (C=O) groups excluding carboxylic acids is 4. The topological polar surface area (TPSA) is 145 Å². The summed E-state index contributed by atoms with van der Waals surface area (Å²) in [5.41, 5.74) is 0.734. The Balaban J connectivity index is 1.55. The number of hydrogen-bond donors (Lipinski definition) is 3. The number of carbonyl (C=O) groups is 5. The smallest absolute Gasteiger partial charge is 0.410 e. The molecule has 4 amide bonds. The molecule has 1 saturated heterocycles. The van der Waals surface area contributed by atoms with E-state index in [4.69, 9.17) is 4.74 Å². The van der Waals surface area contributed by atoms with E-state index in [0.29, 0.717) is 19.4 Å². The second kappa shape index (κ2) is 16.1. The van der Waals surface area contributed by atoms with Crippen molar-refractivity contribution in [3.8, 4) is 0 Å². The number of ether oxygens (including phenoxy) is 1. The molecule has 0 spiro atoms. The highest BCUT2D eigenvalue weighted by atomic mass is 16.6. The van der Waals surface area contributed by atoms with Crippen LogP contribution in [0.2, 0.25) is 0 Å². The van der Waals surface area contributed by atoms with Crippen LogP contribution < -0.4 is 10.6 Å². The van der Waals surface area contributed by atoms with Crippen molar-refractivity contribution in [3.05, 3.63) is 71.8 Å². The standard InChI is InChI=1S/C37H50N4O7/c1-24(40(5)36(47)48-37(2,3)4)32(42)38-30(27-20-13-8-14-21-27)34(44)41-23-15-22-28(41)33(43)39-31(35(45)46)29(25-16-9-6-10-17-25)26-18-11-7-12-19-26/h6-7,9-12,16-19,24,27-31H,8,13-15,20-23H2,1-5H3,(H,38,42)(H,39,43)(H,45,46)/t24-,28?,30-,31-/m0/s1. The Labute approximate surface area is 283 Å². The Morgan fingerprint density at radius 2 is 1.42 bits per heavy atom. The quantitative estimate of drug-likeness (QED) is 0.316. The van der Waals surface area contributed by atoms with Gasteiger partial charge in [-0.1, -0.05) is 79.9 Å². The lowest BCUT2D eigenvalue weighted by molar-refractivity contribution is -0.146. The lowest BCUT2D eigenvalue weighted by atomic mass is 9.83. The molecule has 4 rings (SSSR count). The van der Waals surface area contributed by atoms with Gasteiger partial charge in [-0.05, 0) is 70.4 Å². The van der Waals surface area contributed by atoms with Gasteiger partial charge >= 0.3 is 12.1 Å². The Morgan fingerprint density at radius 1 is 0.854 bits per heavy atom. The van der Waals surface area contributed by atoms with Gasteiger partial charge in [0, 0.05) is 19.5 Å². The van der Waals surface area contributed by atoms with Crippen LogP contribution in [-0.4, -0.2) is 88.1 Å². The third-order valence-electron chi connectivity index (χ3n) is 9.38. The molecule has 4 atom stereocenters. The fourth-order valence-corrected chi connectivity index (χ4v) is 6.71. The molecule has 1 unspecified atom stereocenters. The van der Waals surface area contributed by atoms with Gasteiger partial charge in [0.1, 0.15) is 29.8 Å². The molecular formula is C37H50N4O7. The normalized spacial score (nSPS) is 18.8. The van der Waals surface area contributed by atoms with Crippen LogP contribution in [0.3, 0.4) is 0 Å². The number of carboxylic acid groups (broad SMARTS) is 1. The van der Waals surface area contributed by atoms with Crippen LogP contribution in [0.15, 0.2) is 60.7 Å². The minimum atomic E-state index is -1.29. The van der Waals surface area contributed by atoms with Gasteiger partial charge in [-0.2, -0.15) is 0 Å². The number of hydrogen-bond acceptors (Lipinski definition) is 6. The van der Waals surface area contributed by atoms with Gasteiger partial charge in [0.05, 0.1) is 0 Å². The predicted molar refractivity (Wildman–Crippen MR) is 181 cm³/mol. The number of likely N-dealkylation sites (N-methyl/N-ethyl adjacent to an activating group) is 1. The van der Waals surface area contributed by atoms with E-state index >= 15 is 0 Å². The predicted octanol–water partition coefficient (Wildman–Crippen LogP) is 4.70. The van der Waals surface area contributed by atoms with Crippen molar-refractivity contribution in [2.45, 2.75) is 108 Å². The first-order valence-electron chi connectivity index (χ1n) is 17.0. The number of aliphatic carboxylic acids is 1. The minimum absolute atomic E-state index is 0.133. The number of nitrogens with one attached hydrogen (secondary N) is 2. The first-order valence-corrected chi connectivity index (χ1v) is 17.0. The highest BCUT2D eigenvalue weighted by Crippen LogP contribution is 2.31. The summed E-state index contributed by atoms with van der Waals surface area (Å²) in [6.45, 7) is 7.11. The second-order valence-electron chi connectivity index (χ2n) is 14.0. The van der Waals surface area contributed by atoms with Crippen LogP contribution in [0.5, 0.6) is 0 Å². The average Bonchev–Trinajstić information content (AvgIpc) is 3.57. The molecule has 0 aromatic heterocycles. The van der Waals surface area contributed by atoms with Gasteiger partial charge in [-0.25, -0.2) is 9.59 Å². The van der Waals surface area contributed by atoms with E-state index in [2.05, 4.69) is 10.6 Å². The van der Waals surface area contributed by atoms with Crippen molar-refractivity contribution < 1.29 is 33.8 Å². The highest BCUT2D eigenvalue weighted by molar-refractivity contribution is 5.95. The largest absolute Gasteiger partial charge is 0.480 e. The van der Waals surface area contributed by atoms with E-state index in [1.165, 1.54) is 16.8 Å². The van der Waals surface area contributed by atoms with Gasteiger partial charge in [0.15, 0.2) is 0 Å². The summed E-state index contributed by atoms with van der Waals surface area (Å²) in [4.78, 5) is 69.9. The Kier molecular flexibility index (Phi) is 12.2. The van der Waals surface area contributed by atoms with E-state index in [1.54, 1.807) is 27.7 Å². The first-order chi connectivity index (χ1) is 22.8. The van der Waals surface area contributed by atoms with Crippen molar-refractivity contribution in [1.29, 1.82) is 0 Å². The van der Waals surface area contributed by atoms with Crippen molar-refractivity contribution >= 4 is 29.8 Å². The van der Waals surface area contributed by atoms with Gasteiger partial charge in [0.25, 0.3) is 0 Å². The van der Waals surface area contributed by atoms with Crippen molar-refractivity contribution in [1.82, 2.24) is 20.4 Å². The molecule has 0 bridgehead atoms. The van der Waals surface area contributed by atoms with Crippen molar-refractivity contribution in [2.24, 2.45) is 5.92 Å². The lowest BCUT2D eigenvalue weighted by Gasteiger charge is -2.36. The maximum absolute atomic E-state index is 14.3. The van der Waals surface area contributed by atoms with E-state index in [-0.39, 0.29) is 11.8 Å². The SMILES string of the molecule is C[C@@H](C(=O)N[C@H](C(=O)N1CCCC1C(=O)N[C@H](C(=O)O)C(c1ccccc1)c1ccccc1)C1CCCCC1)N(C)C(=O)OC(C)(C)C. The van der Waals surface area contributed by atoms with E-state index in [1.807, 2.05) is 60.7 Å². The molecule has 48 heavy (non-hydrogen) atoms. The third-order valence-corrected chi connectivity index (χ3v) is 9.38. The maximum Gasteiger partial charge on any atom is 0.410 e. The second-order valence-corrected chi connectivity index (χ2v) is 14.0. The van der Waals surface area contributed by atoms with Gasteiger partial charge in [0.2, 0.25) is 17.7 Å². The molecule has 2 aromatic carbocycles. The number of rotatable bonds is 11. The van der Waals surface area contributed by atoms with Crippen LogP contribution in [-0.2, 0) is 23.9 Å². The number of amides is 4. The van der Waals surface area contributed by atoms with Crippen LogP contribution in [0, 0.1) is 5.92 Å². The van der Waals surface area contributed by atoms with Gasteiger partial charge in [-0.15, -0.1) is 0 Å². The molecule has 1 saturated carbocycles. The van der Waals surface area contributed by atoms with Crippen LogP contribution in [0.4, 0.5) is 4.79 Å². The number of likely N-dealkylation sites (tertiary alicyclic amines) is 1. The summed E-state index contributed by atoms with van der Waals surface area (Å²) >= 11 is 0. The molecule has 1 aliphatic heterocycles. The first kappa shape index (κ1) is 36.4. The minimum Gasteiger partial charge on any atom is -0.480 e. The van der Waals surface area contributed by atoms with E-state index < -0.39 is 59.6 Å². The van der Waals surface area contributed by atoms with Crippen LogP contribution >= 0.6 is 0 Å². The van der Waals surface area contributed by atoms with Gasteiger partial charge in [-0.3, -0.25) is 19.3 Å². The Hall–Kier alpha value is -4.41. The molecule has 3 N–H and O–H groups in total. The Bertz CT molecular complexity index is 1380. The number of carboxylic acids is 1. The highest BCUT2D eigenvalue weighted by Gasteiger charge is 2.43. The molecule has 260 valence electrons. The molecule has 2 fully saturated rings. The summed E-state index contributed by atoms with van der Waals surface area (Å²) < 4.78 is 5.43. The molecule has 11 nitrogen and oxygen atoms in total. The Morgan fingerprint density at radius 3 is 1.94 bits per heavy atom. The monoisotopic (exact) mass is 662 g/mol. The zero-order valence-corrected chi connectivity index (χ0v) is 28.7. The van der Waals surface area contributed by atoms with E-state index in [9.17, 15) is 29.1 Å². The fraction of sp³-hybridized carbons (Fsp3) is 0.541. The average molecular weight is 663 g/mol. The van der Waals surface area contributed by atoms with Crippen molar-refractivity contribution in [3.63, 3.8) is 0 Å². The van der Waals surface area contributed by atoms with Gasteiger partial charge < -0.3 is 25.4 Å². The maximum atomic E-state index is 14.3. The zero-order valence-electron chi connectivity index (χ0n) is 28.7.